The molecule has 0 atom stereocenters. The topological polar surface area (TPSA) is 92.3 Å². The van der Waals surface area contributed by atoms with Gasteiger partial charge < -0.3 is 10.6 Å². The summed E-state index contributed by atoms with van der Waals surface area (Å²) in [5.74, 6) is -0.526. The minimum atomic E-state index is -3.50. The lowest BCUT2D eigenvalue weighted by Gasteiger charge is -2.10. The first-order valence-electron chi connectivity index (χ1n) is 8.27. The van der Waals surface area contributed by atoms with Crippen LogP contribution in [0.2, 0.25) is 0 Å². The van der Waals surface area contributed by atoms with Crippen molar-refractivity contribution in [3.05, 3.63) is 59.7 Å². The van der Waals surface area contributed by atoms with E-state index in [0.29, 0.717) is 12.1 Å². The number of carbonyl (C=O) groups is 2. The molecule has 2 N–H and O–H groups in total. The minimum absolute atomic E-state index is 0.00178. The number of anilines is 1. The van der Waals surface area contributed by atoms with E-state index in [1.165, 1.54) is 12.1 Å². The highest BCUT2D eigenvalue weighted by Gasteiger charge is 2.17. The van der Waals surface area contributed by atoms with Crippen LogP contribution < -0.4 is 10.6 Å². The van der Waals surface area contributed by atoms with Crippen molar-refractivity contribution in [2.75, 3.05) is 11.6 Å². The quantitative estimate of drug-likeness (QED) is 0.779. The van der Waals surface area contributed by atoms with Crippen LogP contribution in [0.25, 0.3) is 0 Å². The van der Waals surface area contributed by atoms with Gasteiger partial charge in [-0.15, -0.1) is 0 Å². The van der Waals surface area contributed by atoms with E-state index < -0.39 is 15.7 Å². The number of carbonyl (C=O) groups excluding carboxylic acids is 2. The number of hydrogen-bond acceptors (Lipinski definition) is 4. The molecule has 2 amide bonds. The fourth-order valence-corrected chi connectivity index (χ4v) is 3.35. The van der Waals surface area contributed by atoms with Crippen LogP contribution in [-0.4, -0.2) is 26.5 Å². The summed E-state index contributed by atoms with van der Waals surface area (Å²) in [5.41, 5.74) is 1.57. The van der Waals surface area contributed by atoms with Gasteiger partial charge in [0.15, 0.2) is 9.84 Å². The van der Waals surface area contributed by atoms with E-state index in [1.54, 1.807) is 30.3 Å². The largest absolute Gasteiger partial charge is 0.348 e. The maximum absolute atomic E-state index is 12.4. The van der Waals surface area contributed by atoms with Gasteiger partial charge >= 0.3 is 0 Å². The van der Waals surface area contributed by atoms with Crippen molar-refractivity contribution < 1.29 is 18.0 Å². The predicted octanol–water partition coefficient (Wildman–Crippen LogP) is 2.76. The lowest BCUT2D eigenvalue weighted by molar-refractivity contribution is -0.116. The molecule has 0 fully saturated rings. The number of nitrogens with one attached hydrogen (secondary N) is 2. The third-order valence-corrected chi connectivity index (χ3v) is 4.83. The smallest absolute Gasteiger partial charge is 0.252 e. The Labute approximate surface area is 153 Å². The lowest BCUT2D eigenvalue weighted by Crippen LogP contribution is -2.24. The average Bonchev–Trinajstić information content (AvgIpc) is 2.59. The number of hydrogen-bond donors (Lipinski definition) is 2. The molecule has 0 aliphatic carbocycles. The molecule has 0 saturated heterocycles. The standard InChI is InChI=1S/C19H22N2O4S/c1-3-7-18(22)21-15-9-6-8-14(12-15)13-20-19(23)16-10-4-5-11-17(16)26(2,24)25/h4-6,8-12H,3,7,13H2,1-2H3,(H,20,23)(H,21,22). The van der Waals surface area contributed by atoms with Gasteiger partial charge in [-0.3, -0.25) is 9.59 Å². The number of sulfone groups is 1. The monoisotopic (exact) mass is 374 g/mol. The Hall–Kier alpha value is -2.67. The van der Waals surface area contributed by atoms with Crippen LogP contribution in [-0.2, 0) is 21.2 Å². The molecule has 6 nitrogen and oxygen atoms in total. The number of rotatable bonds is 7. The predicted molar refractivity (Wildman–Crippen MR) is 101 cm³/mol. The van der Waals surface area contributed by atoms with E-state index in [1.807, 2.05) is 13.0 Å². The molecule has 0 aliphatic heterocycles. The summed E-state index contributed by atoms with van der Waals surface area (Å²) in [6, 6.07) is 13.2. The summed E-state index contributed by atoms with van der Waals surface area (Å²) in [6.45, 7) is 2.15. The zero-order valence-electron chi connectivity index (χ0n) is 14.8. The van der Waals surface area contributed by atoms with Crippen molar-refractivity contribution in [1.82, 2.24) is 5.32 Å². The highest BCUT2D eigenvalue weighted by atomic mass is 32.2. The summed E-state index contributed by atoms with van der Waals surface area (Å²) in [6.07, 6.45) is 2.28. The van der Waals surface area contributed by atoms with E-state index in [2.05, 4.69) is 10.6 Å². The van der Waals surface area contributed by atoms with Crippen LogP contribution in [0, 0.1) is 0 Å². The molecule has 0 unspecified atom stereocenters. The van der Waals surface area contributed by atoms with Crippen LogP contribution in [0.3, 0.4) is 0 Å². The average molecular weight is 374 g/mol. The Morgan fingerprint density at radius 1 is 1.04 bits per heavy atom. The zero-order valence-corrected chi connectivity index (χ0v) is 15.6. The maximum atomic E-state index is 12.4. The van der Waals surface area contributed by atoms with Crippen molar-refractivity contribution in [3.63, 3.8) is 0 Å². The van der Waals surface area contributed by atoms with Crippen molar-refractivity contribution in [2.45, 2.75) is 31.2 Å². The Balaban J connectivity index is 2.08. The van der Waals surface area contributed by atoms with Gasteiger partial charge in [-0.1, -0.05) is 31.2 Å². The molecular weight excluding hydrogens is 352 g/mol. The Morgan fingerprint density at radius 3 is 2.46 bits per heavy atom. The molecule has 0 spiro atoms. The fraction of sp³-hybridized carbons (Fsp3) is 0.263. The van der Waals surface area contributed by atoms with Crippen molar-refractivity contribution in [1.29, 1.82) is 0 Å². The minimum Gasteiger partial charge on any atom is -0.348 e. The molecule has 0 aliphatic rings. The van der Waals surface area contributed by atoms with Crippen molar-refractivity contribution in [3.8, 4) is 0 Å². The second-order valence-corrected chi connectivity index (χ2v) is 7.93. The SMILES string of the molecule is CCCC(=O)Nc1cccc(CNC(=O)c2ccccc2S(C)(=O)=O)c1. The molecule has 0 bridgehead atoms. The normalized spacial score (nSPS) is 11.0. The summed E-state index contributed by atoms with van der Waals surface area (Å²) >= 11 is 0. The van der Waals surface area contributed by atoms with Crippen molar-refractivity contribution in [2.24, 2.45) is 0 Å². The molecule has 0 saturated carbocycles. The van der Waals surface area contributed by atoms with E-state index in [0.717, 1.165) is 18.2 Å². The van der Waals surface area contributed by atoms with Gasteiger partial charge in [0.2, 0.25) is 5.91 Å². The van der Waals surface area contributed by atoms with Crippen LogP contribution in [0.4, 0.5) is 5.69 Å². The highest BCUT2D eigenvalue weighted by Crippen LogP contribution is 2.16. The first kappa shape index (κ1) is 19.7. The van der Waals surface area contributed by atoms with E-state index in [-0.39, 0.29) is 22.9 Å². The van der Waals surface area contributed by atoms with Crippen LogP contribution in [0.5, 0.6) is 0 Å². The van der Waals surface area contributed by atoms with E-state index >= 15 is 0 Å². The van der Waals surface area contributed by atoms with Gasteiger partial charge in [0.25, 0.3) is 5.91 Å². The van der Waals surface area contributed by atoms with Gasteiger partial charge in [-0.2, -0.15) is 0 Å². The first-order chi connectivity index (χ1) is 12.3. The molecule has 26 heavy (non-hydrogen) atoms. The summed E-state index contributed by atoms with van der Waals surface area (Å²) in [7, 11) is -3.50. The Morgan fingerprint density at radius 2 is 1.77 bits per heavy atom. The van der Waals surface area contributed by atoms with E-state index in [4.69, 9.17) is 0 Å². The van der Waals surface area contributed by atoms with Gasteiger partial charge in [-0.25, -0.2) is 8.42 Å². The molecule has 2 aromatic rings. The van der Waals surface area contributed by atoms with Crippen LogP contribution >= 0.6 is 0 Å². The number of amides is 2. The van der Waals surface area contributed by atoms with Gasteiger partial charge in [0, 0.05) is 24.9 Å². The van der Waals surface area contributed by atoms with Crippen molar-refractivity contribution >= 4 is 27.3 Å². The summed E-state index contributed by atoms with van der Waals surface area (Å²) in [5, 5.41) is 5.52. The molecule has 0 radical (unpaired) electrons. The third kappa shape index (κ3) is 5.42. The third-order valence-electron chi connectivity index (χ3n) is 3.67. The number of benzene rings is 2. The second kappa shape index (κ2) is 8.62. The van der Waals surface area contributed by atoms with E-state index in [9.17, 15) is 18.0 Å². The highest BCUT2D eigenvalue weighted by molar-refractivity contribution is 7.90. The van der Waals surface area contributed by atoms with Crippen LogP contribution in [0.15, 0.2) is 53.4 Å². The molecule has 7 heteroatoms. The molecule has 2 rings (SSSR count). The zero-order chi connectivity index (χ0) is 19.2. The van der Waals surface area contributed by atoms with Gasteiger partial charge in [-0.05, 0) is 36.2 Å². The molecule has 138 valence electrons. The molecule has 2 aromatic carbocycles. The molecular formula is C19H22N2O4S. The summed E-state index contributed by atoms with van der Waals surface area (Å²) in [4.78, 5) is 24.1. The summed E-state index contributed by atoms with van der Waals surface area (Å²) < 4.78 is 23.6. The molecule has 0 aromatic heterocycles. The second-order valence-electron chi connectivity index (χ2n) is 5.95. The maximum Gasteiger partial charge on any atom is 0.252 e. The lowest BCUT2D eigenvalue weighted by atomic mass is 10.1. The first-order valence-corrected chi connectivity index (χ1v) is 10.2. The fourth-order valence-electron chi connectivity index (χ4n) is 2.46. The van der Waals surface area contributed by atoms with Gasteiger partial charge in [0.05, 0.1) is 10.5 Å². The molecule has 0 heterocycles. The van der Waals surface area contributed by atoms with Crippen LogP contribution in [0.1, 0.15) is 35.7 Å². The Kier molecular flexibility index (Phi) is 6.52. The van der Waals surface area contributed by atoms with Gasteiger partial charge in [0.1, 0.15) is 0 Å². The Bertz CT molecular complexity index is 907.